The van der Waals surface area contributed by atoms with Gasteiger partial charge in [-0.05, 0) is 93.0 Å². The molecule has 0 aromatic heterocycles. The fraction of sp³-hybridized carbons (Fsp3) is 0.0204. The normalized spacial score (nSPS) is 15.6. The van der Waals surface area contributed by atoms with Gasteiger partial charge >= 0.3 is 28.5 Å². The number of para-hydroxylation sites is 8. The summed E-state index contributed by atoms with van der Waals surface area (Å²) in [4.78, 5) is 0. The van der Waals surface area contributed by atoms with E-state index in [9.17, 15) is 0 Å². The van der Waals surface area contributed by atoms with Crippen LogP contribution in [0.2, 0.25) is 0 Å². The summed E-state index contributed by atoms with van der Waals surface area (Å²) in [5, 5.41) is 0. The van der Waals surface area contributed by atoms with Crippen LogP contribution in [0.15, 0.2) is 170 Å². The lowest BCUT2D eigenvalue weighted by Crippen LogP contribution is -2.42. The highest BCUT2D eigenvalue weighted by Crippen LogP contribution is 2.62. The Bertz CT molecular complexity index is 2670. The van der Waals surface area contributed by atoms with Crippen LogP contribution < -0.4 is 59.1 Å². The van der Waals surface area contributed by atoms with Crippen molar-refractivity contribution in [3.8, 4) is 68.2 Å². The molecule has 0 saturated heterocycles. The Balaban J connectivity index is 0.998. The number of hydrogen-bond acceptors (Lipinski definition) is 8. The van der Waals surface area contributed by atoms with E-state index in [0.29, 0.717) is 46.0 Å². The van der Waals surface area contributed by atoms with Crippen LogP contribution in [0.5, 0.6) is 46.0 Å². The zero-order valence-corrected chi connectivity index (χ0v) is 32.2. The molecular weight excluding hydrogens is 760 g/mol. The Morgan fingerprint density at radius 1 is 0.246 bits per heavy atom. The summed E-state index contributed by atoms with van der Waals surface area (Å²) in [5.41, 5.74) is 11.6. The molecule has 8 nitrogen and oxygen atoms in total. The van der Waals surface area contributed by atoms with Crippen molar-refractivity contribution in [2.24, 2.45) is 0 Å². The zero-order chi connectivity index (χ0) is 39.8. The molecule has 8 aromatic carbocycles. The minimum atomic E-state index is -0.846. The highest BCUT2D eigenvalue weighted by atomic mass is 16.6. The molecule has 4 aliphatic heterocycles. The molecule has 61 heavy (non-hydrogen) atoms. The van der Waals surface area contributed by atoms with Crippen molar-refractivity contribution in [2.75, 3.05) is 0 Å². The largest absolute Gasteiger partial charge is 0.632 e. The molecule has 0 N–H and O–H groups in total. The smallest absolute Gasteiger partial charge is 0.519 e. The summed E-state index contributed by atoms with van der Waals surface area (Å²) in [6.07, 6.45) is 0. The number of rotatable bonds is 4. The van der Waals surface area contributed by atoms with Gasteiger partial charge in [0.05, 0.1) is 5.41 Å². The maximum absolute atomic E-state index is 6.45. The Kier molecular flexibility index (Phi) is 6.68. The number of fused-ring (bicyclic) bond motifs is 14. The second-order valence-electron chi connectivity index (χ2n) is 16.0. The molecule has 0 unspecified atom stereocenters. The Morgan fingerprint density at radius 3 is 0.639 bits per heavy atom. The van der Waals surface area contributed by atoms with Crippen molar-refractivity contribution in [1.29, 1.82) is 0 Å². The van der Waals surface area contributed by atoms with E-state index in [1.807, 2.05) is 97.1 Å². The van der Waals surface area contributed by atoms with Crippen LogP contribution in [0.25, 0.3) is 22.3 Å². The summed E-state index contributed by atoms with van der Waals surface area (Å²) < 4.78 is 51.6. The number of hydrogen-bond donors (Lipinski definition) is 0. The van der Waals surface area contributed by atoms with Gasteiger partial charge in [-0.15, -0.1) is 0 Å². The first-order chi connectivity index (χ1) is 30.2. The van der Waals surface area contributed by atoms with Gasteiger partial charge in [0.15, 0.2) is 0 Å². The van der Waals surface area contributed by atoms with Gasteiger partial charge < -0.3 is 37.2 Å². The third-order valence-corrected chi connectivity index (χ3v) is 12.7. The van der Waals surface area contributed by atoms with Gasteiger partial charge in [-0.2, -0.15) is 0 Å². The third-order valence-electron chi connectivity index (χ3n) is 12.7. The topological polar surface area (TPSA) is 73.8 Å². The minimum absolute atomic E-state index is 0.631. The molecule has 8 aromatic rings. The summed E-state index contributed by atoms with van der Waals surface area (Å²) in [7, 11) is -2.52. The van der Waals surface area contributed by atoms with Crippen LogP contribution >= 0.6 is 0 Å². The molecule has 2 aliphatic carbocycles. The maximum Gasteiger partial charge on any atom is 0.632 e. The van der Waals surface area contributed by atoms with Crippen LogP contribution in [0.1, 0.15) is 22.3 Å². The van der Waals surface area contributed by atoms with Crippen molar-refractivity contribution >= 4 is 50.3 Å². The Labute approximate surface area is 352 Å². The predicted octanol–water partition coefficient (Wildman–Crippen LogP) is 6.70. The van der Waals surface area contributed by atoms with Crippen molar-refractivity contribution < 1.29 is 37.2 Å². The lowest BCUT2D eigenvalue weighted by atomic mass is 9.65. The quantitative estimate of drug-likeness (QED) is 0.183. The lowest BCUT2D eigenvalue weighted by Gasteiger charge is -2.32. The average Bonchev–Trinajstić information content (AvgIpc) is 4.17. The van der Waals surface area contributed by atoms with E-state index in [1.165, 1.54) is 0 Å². The van der Waals surface area contributed by atoms with Crippen LogP contribution in [-0.4, -0.2) is 28.5 Å². The van der Waals surface area contributed by atoms with E-state index in [4.69, 9.17) is 37.2 Å². The van der Waals surface area contributed by atoms with E-state index in [2.05, 4.69) is 72.8 Å². The minimum Gasteiger partial charge on any atom is -0.519 e. The lowest BCUT2D eigenvalue weighted by molar-refractivity contribution is 0.518. The number of benzene rings is 8. The van der Waals surface area contributed by atoms with Crippen molar-refractivity contribution in [3.05, 3.63) is 192 Å². The molecule has 14 rings (SSSR count). The molecule has 12 heteroatoms. The molecule has 6 aliphatic rings. The first-order valence-corrected chi connectivity index (χ1v) is 20.4. The van der Waals surface area contributed by atoms with Gasteiger partial charge in [0, 0.05) is 21.9 Å². The van der Waals surface area contributed by atoms with Gasteiger partial charge in [-0.1, -0.05) is 121 Å². The molecule has 284 valence electrons. The van der Waals surface area contributed by atoms with Gasteiger partial charge in [-0.25, -0.2) is 0 Å². The molecular formula is C49H28B4O8. The third kappa shape index (κ3) is 4.70. The zero-order valence-electron chi connectivity index (χ0n) is 32.2. The van der Waals surface area contributed by atoms with Crippen molar-refractivity contribution in [1.82, 2.24) is 0 Å². The van der Waals surface area contributed by atoms with E-state index in [-0.39, 0.29) is 0 Å². The van der Waals surface area contributed by atoms with E-state index < -0.39 is 33.9 Å². The van der Waals surface area contributed by atoms with Gasteiger partial charge in [0.2, 0.25) is 0 Å². The second kappa shape index (κ2) is 12.2. The molecule has 0 amide bonds. The van der Waals surface area contributed by atoms with E-state index >= 15 is 0 Å². The van der Waals surface area contributed by atoms with E-state index in [0.717, 1.165) is 66.4 Å². The molecule has 0 saturated carbocycles. The standard InChI is InChI=1S/C49H28B4O8/c1-2-10-42-41(9-1)54-50(55-42)29-17-21-33-34-22-18-30(51-56-43-11-3-4-12-44(43)57-51)26-38(34)49(37(33)25-29)39-27-31(52-58-45-13-5-6-14-46(45)59-52)19-23-35(39)36-24-20-32(28-40(36)49)53-60-47-15-7-8-16-48(47)61-53/h1-28H. The predicted molar refractivity (Wildman–Crippen MR) is 235 cm³/mol. The van der Waals surface area contributed by atoms with Crippen LogP contribution in [0.3, 0.4) is 0 Å². The fourth-order valence-electron chi connectivity index (χ4n) is 10.0. The van der Waals surface area contributed by atoms with Gasteiger partial charge in [0.25, 0.3) is 0 Å². The molecule has 0 fully saturated rings. The summed E-state index contributed by atoms with van der Waals surface area (Å²) in [6, 6.07) is 57.5. The Hall–Kier alpha value is -7.58. The second-order valence-corrected chi connectivity index (χ2v) is 16.0. The summed E-state index contributed by atoms with van der Waals surface area (Å²) in [5.74, 6) is 5.73. The first-order valence-electron chi connectivity index (χ1n) is 20.4. The van der Waals surface area contributed by atoms with Crippen LogP contribution in [0.4, 0.5) is 0 Å². The van der Waals surface area contributed by atoms with Gasteiger partial charge in [-0.3, -0.25) is 0 Å². The average molecular weight is 788 g/mol. The molecule has 0 atom stereocenters. The molecule has 0 bridgehead atoms. The highest BCUT2D eigenvalue weighted by molar-refractivity contribution is 6.65. The monoisotopic (exact) mass is 788 g/mol. The van der Waals surface area contributed by atoms with Crippen molar-refractivity contribution in [2.45, 2.75) is 5.41 Å². The Morgan fingerprint density at radius 2 is 0.443 bits per heavy atom. The molecule has 1 spiro atoms. The summed E-state index contributed by atoms with van der Waals surface area (Å²) >= 11 is 0. The summed E-state index contributed by atoms with van der Waals surface area (Å²) in [6.45, 7) is 0. The molecule has 4 heterocycles. The SMILES string of the molecule is c1ccc2c(c1)OB(c1ccc3c(c1)C1(c4cc(B5Oc6ccccc6O5)ccc4-3)c3cc(B4Oc5ccccc5O4)ccc3-c3ccc(B4Oc5ccccc5O4)cc31)O2. The van der Waals surface area contributed by atoms with Crippen LogP contribution in [-0.2, 0) is 5.41 Å². The van der Waals surface area contributed by atoms with Gasteiger partial charge in [0.1, 0.15) is 46.0 Å². The van der Waals surface area contributed by atoms with E-state index in [1.54, 1.807) is 0 Å². The maximum atomic E-state index is 6.45. The fourth-order valence-corrected chi connectivity index (χ4v) is 10.0. The highest BCUT2D eigenvalue weighted by Gasteiger charge is 2.54. The molecule has 0 radical (unpaired) electrons. The van der Waals surface area contributed by atoms with Crippen molar-refractivity contribution in [3.63, 3.8) is 0 Å². The first kappa shape index (κ1) is 33.3. The van der Waals surface area contributed by atoms with Crippen LogP contribution in [0, 0.1) is 0 Å².